The first-order valence-corrected chi connectivity index (χ1v) is 11.9. The summed E-state index contributed by atoms with van der Waals surface area (Å²) in [6.07, 6.45) is 3.26. The highest BCUT2D eigenvalue weighted by atomic mass is 32.2. The fourth-order valence-corrected chi connectivity index (χ4v) is 6.17. The van der Waals surface area contributed by atoms with Gasteiger partial charge in [-0.25, -0.2) is 8.42 Å². The van der Waals surface area contributed by atoms with Gasteiger partial charge in [-0.3, -0.25) is 19.4 Å². The van der Waals surface area contributed by atoms with E-state index >= 15 is 0 Å². The van der Waals surface area contributed by atoms with Crippen molar-refractivity contribution < 1.29 is 22.8 Å². The zero-order valence-corrected chi connectivity index (χ0v) is 18.3. The van der Waals surface area contributed by atoms with Crippen LogP contribution in [-0.4, -0.2) is 108 Å². The summed E-state index contributed by atoms with van der Waals surface area (Å²) >= 11 is 0. The summed E-state index contributed by atoms with van der Waals surface area (Å²) in [5.74, 6) is -0.617. The third kappa shape index (κ3) is 4.21. The van der Waals surface area contributed by atoms with Crippen LogP contribution >= 0.6 is 0 Å². The van der Waals surface area contributed by atoms with Gasteiger partial charge >= 0.3 is 0 Å². The van der Waals surface area contributed by atoms with E-state index < -0.39 is 22.1 Å². The first kappa shape index (κ1) is 21.8. The van der Waals surface area contributed by atoms with Gasteiger partial charge in [-0.1, -0.05) is 0 Å². The van der Waals surface area contributed by atoms with Gasteiger partial charge < -0.3 is 14.7 Å². The first-order chi connectivity index (χ1) is 14.8. The lowest BCUT2D eigenvalue weighted by molar-refractivity contribution is -0.139. The van der Waals surface area contributed by atoms with Crippen LogP contribution < -0.4 is 0 Å². The Labute approximate surface area is 181 Å². The first-order valence-electron chi connectivity index (χ1n) is 10.5. The van der Waals surface area contributed by atoms with Gasteiger partial charge in [0.05, 0.1) is 12.6 Å². The minimum absolute atomic E-state index is 0.0248. The van der Waals surface area contributed by atoms with Crippen LogP contribution in [0, 0.1) is 0 Å². The van der Waals surface area contributed by atoms with Crippen LogP contribution in [0.1, 0.15) is 19.3 Å². The van der Waals surface area contributed by atoms with Gasteiger partial charge in [0.15, 0.2) is 5.78 Å². The fourth-order valence-electron chi connectivity index (χ4n) is 4.58. The molecule has 10 nitrogen and oxygen atoms in total. The standard InChI is InChI=1S/C20H27N5O5S/c1-22-9-11-23(12-10-22)18(27)4-5-19(28)24-8-6-16-20(24)17(26)14-25(16)31(29,30)15-3-2-7-21-13-15/h2-3,7,13,16,20H,4-6,8-12,14H2,1H3. The predicted molar refractivity (Wildman–Crippen MR) is 110 cm³/mol. The Kier molecular flexibility index (Phi) is 6.09. The molecule has 31 heavy (non-hydrogen) atoms. The van der Waals surface area contributed by atoms with E-state index in [0.717, 1.165) is 13.1 Å². The van der Waals surface area contributed by atoms with Gasteiger partial charge in [0.2, 0.25) is 21.8 Å². The van der Waals surface area contributed by atoms with Crippen molar-refractivity contribution in [3.8, 4) is 0 Å². The number of Topliss-reactive ketones (excluding diaryl/α,β-unsaturated/α-hetero) is 1. The Morgan fingerprint density at radius 2 is 1.81 bits per heavy atom. The summed E-state index contributed by atoms with van der Waals surface area (Å²) in [6.45, 7) is 2.98. The maximum atomic E-state index is 13.0. The number of carbonyl (C=O) groups is 3. The number of fused-ring (bicyclic) bond motifs is 1. The van der Waals surface area contributed by atoms with E-state index in [1.807, 2.05) is 7.05 Å². The summed E-state index contributed by atoms with van der Waals surface area (Å²) in [7, 11) is -1.87. The number of carbonyl (C=O) groups excluding carboxylic acids is 3. The quantitative estimate of drug-likeness (QED) is 0.577. The number of hydrogen-bond donors (Lipinski definition) is 0. The van der Waals surface area contributed by atoms with Crippen molar-refractivity contribution in [2.24, 2.45) is 0 Å². The number of aromatic nitrogens is 1. The summed E-state index contributed by atoms with van der Waals surface area (Å²) in [5, 5.41) is 0. The molecular formula is C20H27N5O5S. The minimum Gasteiger partial charge on any atom is -0.340 e. The molecule has 11 heteroatoms. The van der Waals surface area contributed by atoms with Crippen molar-refractivity contribution in [2.45, 2.75) is 36.2 Å². The minimum atomic E-state index is -3.87. The van der Waals surface area contributed by atoms with Gasteiger partial charge in [0, 0.05) is 58.0 Å². The molecule has 4 rings (SSSR count). The lowest BCUT2D eigenvalue weighted by Gasteiger charge is -2.32. The molecule has 3 aliphatic rings. The van der Waals surface area contributed by atoms with E-state index in [0.29, 0.717) is 26.1 Å². The maximum Gasteiger partial charge on any atom is 0.245 e. The van der Waals surface area contributed by atoms with Crippen molar-refractivity contribution in [3.63, 3.8) is 0 Å². The number of rotatable bonds is 5. The molecule has 0 N–H and O–H groups in total. The molecule has 0 aromatic carbocycles. The van der Waals surface area contributed by atoms with Crippen LogP contribution in [0.4, 0.5) is 0 Å². The van der Waals surface area contributed by atoms with Crippen LogP contribution in [0.5, 0.6) is 0 Å². The Bertz CT molecular complexity index is 961. The molecule has 2 atom stereocenters. The van der Waals surface area contributed by atoms with Crippen molar-refractivity contribution in [1.82, 2.24) is 24.0 Å². The Morgan fingerprint density at radius 3 is 2.48 bits per heavy atom. The molecule has 3 saturated heterocycles. The Morgan fingerprint density at radius 1 is 1.10 bits per heavy atom. The zero-order valence-electron chi connectivity index (χ0n) is 17.5. The van der Waals surface area contributed by atoms with Gasteiger partial charge in [-0.15, -0.1) is 0 Å². The number of pyridine rings is 1. The molecule has 4 heterocycles. The van der Waals surface area contributed by atoms with E-state index in [1.165, 1.54) is 33.7 Å². The second-order valence-electron chi connectivity index (χ2n) is 8.28. The second kappa shape index (κ2) is 8.64. The number of amides is 2. The predicted octanol–water partition coefficient (Wildman–Crippen LogP) is -0.821. The molecule has 0 spiro atoms. The highest BCUT2D eigenvalue weighted by Gasteiger charge is 2.53. The van der Waals surface area contributed by atoms with E-state index in [4.69, 9.17) is 0 Å². The second-order valence-corrected chi connectivity index (χ2v) is 10.2. The number of nitrogens with zero attached hydrogens (tertiary/aromatic N) is 5. The molecule has 1 aromatic rings. The molecule has 0 radical (unpaired) electrons. The van der Waals surface area contributed by atoms with Crippen molar-refractivity contribution in [3.05, 3.63) is 24.5 Å². The lowest BCUT2D eigenvalue weighted by Crippen LogP contribution is -2.47. The van der Waals surface area contributed by atoms with Gasteiger partial charge in [0.1, 0.15) is 10.9 Å². The van der Waals surface area contributed by atoms with Crippen LogP contribution in [-0.2, 0) is 24.4 Å². The monoisotopic (exact) mass is 449 g/mol. The number of likely N-dealkylation sites (tertiary alicyclic amines) is 1. The largest absolute Gasteiger partial charge is 0.340 e. The number of sulfonamides is 1. The number of hydrogen-bond acceptors (Lipinski definition) is 7. The molecular weight excluding hydrogens is 422 g/mol. The molecule has 3 aliphatic heterocycles. The molecule has 3 fully saturated rings. The summed E-state index contributed by atoms with van der Waals surface area (Å²) in [6, 6.07) is 1.62. The Balaban J connectivity index is 1.39. The lowest BCUT2D eigenvalue weighted by atomic mass is 10.1. The highest BCUT2D eigenvalue weighted by molar-refractivity contribution is 7.89. The highest BCUT2D eigenvalue weighted by Crippen LogP contribution is 2.34. The van der Waals surface area contributed by atoms with Gasteiger partial charge in [0.25, 0.3) is 0 Å². The summed E-state index contributed by atoms with van der Waals surface area (Å²) < 4.78 is 27.2. The molecule has 2 unspecified atom stereocenters. The smallest absolute Gasteiger partial charge is 0.245 e. The van der Waals surface area contributed by atoms with E-state index in [-0.39, 0.29) is 41.9 Å². The summed E-state index contributed by atoms with van der Waals surface area (Å²) in [4.78, 5) is 47.2. The fraction of sp³-hybridized carbons (Fsp3) is 0.600. The van der Waals surface area contributed by atoms with Crippen molar-refractivity contribution in [1.29, 1.82) is 0 Å². The third-order valence-corrected chi connectivity index (χ3v) is 8.20. The zero-order chi connectivity index (χ0) is 22.2. The van der Waals surface area contributed by atoms with Crippen LogP contribution in [0.25, 0.3) is 0 Å². The SMILES string of the molecule is CN1CCN(C(=O)CCC(=O)N2CCC3C2C(=O)CN3S(=O)(=O)c2cccnc2)CC1. The maximum absolute atomic E-state index is 13.0. The number of piperazine rings is 1. The molecule has 0 bridgehead atoms. The van der Waals surface area contributed by atoms with E-state index in [2.05, 4.69) is 9.88 Å². The molecule has 0 saturated carbocycles. The normalized spacial score (nSPS) is 25.1. The van der Waals surface area contributed by atoms with Gasteiger partial charge in [-0.05, 0) is 25.6 Å². The molecule has 1 aromatic heterocycles. The van der Waals surface area contributed by atoms with Crippen molar-refractivity contribution >= 4 is 27.6 Å². The van der Waals surface area contributed by atoms with Crippen LogP contribution in [0.15, 0.2) is 29.4 Å². The van der Waals surface area contributed by atoms with Gasteiger partial charge in [-0.2, -0.15) is 4.31 Å². The van der Waals surface area contributed by atoms with E-state index in [9.17, 15) is 22.8 Å². The average molecular weight is 450 g/mol. The molecule has 0 aliphatic carbocycles. The topological polar surface area (TPSA) is 111 Å². The number of likely N-dealkylation sites (N-methyl/N-ethyl adjacent to an activating group) is 1. The van der Waals surface area contributed by atoms with Crippen LogP contribution in [0.2, 0.25) is 0 Å². The molecule has 168 valence electrons. The average Bonchev–Trinajstić information content (AvgIpc) is 3.34. The van der Waals surface area contributed by atoms with Crippen molar-refractivity contribution in [2.75, 3.05) is 46.3 Å². The Hall–Kier alpha value is -2.37. The van der Waals surface area contributed by atoms with E-state index in [1.54, 1.807) is 4.90 Å². The summed E-state index contributed by atoms with van der Waals surface area (Å²) in [5.41, 5.74) is 0. The third-order valence-electron chi connectivity index (χ3n) is 6.35. The number of ketones is 1. The van der Waals surface area contributed by atoms with Crippen LogP contribution in [0.3, 0.4) is 0 Å². The molecule has 2 amide bonds.